The summed E-state index contributed by atoms with van der Waals surface area (Å²) in [5.74, 6) is 2.14. The Hall–Kier alpha value is -2.69. The van der Waals surface area contributed by atoms with Gasteiger partial charge in [-0.1, -0.05) is 18.2 Å². The van der Waals surface area contributed by atoms with E-state index < -0.39 is 0 Å². The molecule has 5 heteroatoms. The van der Waals surface area contributed by atoms with Crippen LogP contribution < -0.4 is 14.2 Å². The molecule has 0 atom stereocenters. The number of ether oxygens (including phenoxy) is 3. The minimum Gasteiger partial charge on any atom is -0.491 e. The number of hydrogen-bond acceptors (Lipinski definition) is 4. The highest BCUT2D eigenvalue weighted by Crippen LogP contribution is 2.31. The van der Waals surface area contributed by atoms with Gasteiger partial charge in [-0.2, -0.15) is 0 Å². The molecule has 0 aromatic heterocycles. The predicted molar refractivity (Wildman–Crippen MR) is 95.7 cm³/mol. The van der Waals surface area contributed by atoms with Crippen LogP contribution in [0, 0.1) is 6.92 Å². The van der Waals surface area contributed by atoms with Crippen LogP contribution in [-0.2, 0) is 0 Å². The normalized spacial score (nSPS) is 12.6. The van der Waals surface area contributed by atoms with Gasteiger partial charge >= 0.3 is 0 Å². The Morgan fingerprint density at radius 2 is 1.88 bits per heavy atom. The van der Waals surface area contributed by atoms with E-state index in [1.165, 1.54) is 0 Å². The molecule has 0 radical (unpaired) electrons. The van der Waals surface area contributed by atoms with Gasteiger partial charge in [-0.15, -0.1) is 0 Å². The number of aryl methyl sites for hydroxylation is 1. The summed E-state index contributed by atoms with van der Waals surface area (Å²) < 4.78 is 16.9. The summed E-state index contributed by atoms with van der Waals surface area (Å²) in [7, 11) is 0. The molecule has 1 amide bonds. The molecule has 0 bridgehead atoms. The summed E-state index contributed by atoms with van der Waals surface area (Å²) in [5, 5.41) is 0. The molecule has 2 aromatic carbocycles. The molecular weight excluding hydrogens is 318 g/mol. The van der Waals surface area contributed by atoms with Gasteiger partial charge < -0.3 is 19.1 Å². The highest BCUT2D eigenvalue weighted by molar-refractivity contribution is 5.95. The molecule has 0 unspecified atom stereocenters. The van der Waals surface area contributed by atoms with Gasteiger partial charge in [0, 0.05) is 12.1 Å². The molecule has 1 aliphatic rings. The van der Waals surface area contributed by atoms with Crippen molar-refractivity contribution in [3.63, 3.8) is 0 Å². The van der Waals surface area contributed by atoms with Gasteiger partial charge in [-0.05, 0) is 43.7 Å². The van der Waals surface area contributed by atoms with Crippen LogP contribution in [-0.4, -0.2) is 43.7 Å². The molecule has 2 aromatic rings. The number of rotatable bonds is 6. The van der Waals surface area contributed by atoms with Crippen molar-refractivity contribution in [2.75, 3.05) is 32.9 Å². The highest BCUT2D eigenvalue weighted by atomic mass is 16.6. The first-order valence-corrected chi connectivity index (χ1v) is 8.56. The van der Waals surface area contributed by atoms with Crippen LogP contribution in [0.4, 0.5) is 0 Å². The standard InChI is InChI=1S/C20H23NO4/c1-3-21(10-11-23-17-7-5-4-6-15(17)2)20(22)16-8-9-18-19(14-16)25-13-12-24-18/h4-9,14H,3,10-13H2,1-2H3. The van der Waals surface area contributed by atoms with Crippen LogP contribution >= 0.6 is 0 Å². The third kappa shape index (κ3) is 4.05. The summed E-state index contributed by atoms with van der Waals surface area (Å²) in [6.45, 7) is 6.61. The number of benzene rings is 2. The van der Waals surface area contributed by atoms with E-state index in [0.29, 0.717) is 50.0 Å². The van der Waals surface area contributed by atoms with E-state index in [1.54, 1.807) is 23.1 Å². The molecule has 25 heavy (non-hydrogen) atoms. The predicted octanol–water partition coefficient (Wildman–Crippen LogP) is 3.31. The largest absolute Gasteiger partial charge is 0.491 e. The Morgan fingerprint density at radius 3 is 2.64 bits per heavy atom. The molecular formula is C20H23NO4. The molecule has 3 rings (SSSR count). The lowest BCUT2D eigenvalue weighted by Gasteiger charge is -2.23. The van der Waals surface area contributed by atoms with Gasteiger partial charge in [0.15, 0.2) is 11.5 Å². The number of fused-ring (bicyclic) bond motifs is 1. The highest BCUT2D eigenvalue weighted by Gasteiger charge is 2.18. The quantitative estimate of drug-likeness (QED) is 0.809. The van der Waals surface area contributed by atoms with Gasteiger partial charge in [0.2, 0.25) is 0 Å². The Balaban J connectivity index is 1.62. The zero-order chi connectivity index (χ0) is 17.6. The maximum atomic E-state index is 12.7. The average Bonchev–Trinajstić information content (AvgIpc) is 2.66. The average molecular weight is 341 g/mol. The van der Waals surface area contributed by atoms with E-state index in [2.05, 4.69) is 0 Å². The molecule has 0 spiro atoms. The second-order valence-corrected chi connectivity index (χ2v) is 5.86. The van der Waals surface area contributed by atoms with Crippen LogP contribution in [0.5, 0.6) is 17.2 Å². The smallest absolute Gasteiger partial charge is 0.254 e. The summed E-state index contributed by atoms with van der Waals surface area (Å²) in [5.41, 5.74) is 1.69. The molecule has 132 valence electrons. The Bertz CT molecular complexity index is 744. The maximum absolute atomic E-state index is 12.7. The molecule has 1 heterocycles. The lowest BCUT2D eigenvalue weighted by atomic mass is 10.1. The van der Waals surface area contributed by atoms with E-state index in [9.17, 15) is 4.79 Å². The summed E-state index contributed by atoms with van der Waals surface area (Å²) in [4.78, 5) is 14.5. The van der Waals surface area contributed by atoms with E-state index in [4.69, 9.17) is 14.2 Å². The first-order chi connectivity index (χ1) is 12.2. The topological polar surface area (TPSA) is 48.0 Å². The molecule has 1 aliphatic heterocycles. The number of para-hydroxylation sites is 1. The van der Waals surface area contributed by atoms with Crippen molar-refractivity contribution >= 4 is 5.91 Å². The van der Waals surface area contributed by atoms with Crippen molar-refractivity contribution in [2.24, 2.45) is 0 Å². The third-order valence-corrected chi connectivity index (χ3v) is 4.17. The SMILES string of the molecule is CCN(CCOc1ccccc1C)C(=O)c1ccc2c(c1)OCCO2. The lowest BCUT2D eigenvalue weighted by molar-refractivity contribution is 0.0738. The molecule has 0 N–H and O–H groups in total. The third-order valence-electron chi connectivity index (χ3n) is 4.17. The fraction of sp³-hybridized carbons (Fsp3) is 0.350. The van der Waals surface area contributed by atoms with Crippen molar-refractivity contribution in [1.82, 2.24) is 4.90 Å². The number of carbonyl (C=O) groups is 1. The molecule has 0 aliphatic carbocycles. The minimum atomic E-state index is -0.0344. The molecule has 0 saturated heterocycles. The van der Waals surface area contributed by atoms with Crippen molar-refractivity contribution in [2.45, 2.75) is 13.8 Å². The summed E-state index contributed by atoms with van der Waals surface area (Å²) in [6.07, 6.45) is 0. The zero-order valence-corrected chi connectivity index (χ0v) is 14.7. The van der Waals surface area contributed by atoms with Crippen molar-refractivity contribution in [3.05, 3.63) is 53.6 Å². The van der Waals surface area contributed by atoms with Crippen molar-refractivity contribution in [1.29, 1.82) is 0 Å². The summed E-state index contributed by atoms with van der Waals surface area (Å²) >= 11 is 0. The van der Waals surface area contributed by atoms with Crippen molar-refractivity contribution < 1.29 is 19.0 Å². The van der Waals surface area contributed by atoms with E-state index in [-0.39, 0.29) is 5.91 Å². The zero-order valence-electron chi connectivity index (χ0n) is 14.7. The number of nitrogens with zero attached hydrogens (tertiary/aromatic N) is 1. The first kappa shape index (κ1) is 17.1. The molecule has 0 fully saturated rings. The van der Waals surface area contributed by atoms with E-state index >= 15 is 0 Å². The molecule has 5 nitrogen and oxygen atoms in total. The van der Waals surface area contributed by atoms with Crippen LogP contribution in [0.2, 0.25) is 0 Å². The summed E-state index contributed by atoms with van der Waals surface area (Å²) in [6, 6.07) is 13.2. The van der Waals surface area contributed by atoms with Gasteiger partial charge in [-0.3, -0.25) is 4.79 Å². The van der Waals surface area contributed by atoms with Crippen LogP contribution in [0.15, 0.2) is 42.5 Å². The number of carbonyl (C=O) groups excluding carboxylic acids is 1. The fourth-order valence-electron chi connectivity index (χ4n) is 2.75. The van der Waals surface area contributed by atoms with Gasteiger partial charge in [0.25, 0.3) is 5.91 Å². The van der Waals surface area contributed by atoms with Crippen LogP contribution in [0.25, 0.3) is 0 Å². The number of amides is 1. The van der Waals surface area contributed by atoms with Gasteiger partial charge in [-0.25, -0.2) is 0 Å². The maximum Gasteiger partial charge on any atom is 0.254 e. The van der Waals surface area contributed by atoms with Crippen LogP contribution in [0.1, 0.15) is 22.8 Å². The van der Waals surface area contributed by atoms with Crippen molar-refractivity contribution in [3.8, 4) is 17.2 Å². The van der Waals surface area contributed by atoms with Crippen LogP contribution in [0.3, 0.4) is 0 Å². The lowest BCUT2D eigenvalue weighted by Crippen LogP contribution is -2.34. The second kappa shape index (κ2) is 7.92. The monoisotopic (exact) mass is 341 g/mol. The molecule has 0 saturated carbocycles. The Morgan fingerprint density at radius 1 is 1.12 bits per heavy atom. The van der Waals surface area contributed by atoms with Gasteiger partial charge in [0.1, 0.15) is 25.6 Å². The number of likely N-dealkylation sites (N-methyl/N-ethyl adjacent to an activating group) is 1. The minimum absolute atomic E-state index is 0.0344. The Kier molecular flexibility index (Phi) is 5.43. The number of hydrogen-bond donors (Lipinski definition) is 0. The van der Waals surface area contributed by atoms with E-state index in [1.807, 2.05) is 38.1 Å². The fourth-order valence-corrected chi connectivity index (χ4v) is 2.75. The van der Waals surface area contributed by atoms with Gasteiger partial charge in [0.05, 0.1) is 6.54 Å². The second-order valence-electron chi connectivity index (χ2n) is 5.86. The first-order valence-electron chi connectivity index (χ1n) is 8.56. The Labute approximate surface area is 148 Å². The van der Waals surface area contributed by atoms with E-state index in [0.717, 1.165) is 11.3 Å².